The first-order valence-corrected chi connectivity index (χ1v) is 7.33. The predicted molar refractivity (Wildman–Crippen MR) is 67.4 cm³/mol. The number of fused-ring (bicyclic) bond motifs is 1. The largest absolute Gasteiger partial charge is 0.480 e. The van der Waals surface area contributed by atoms with Crippen LogP contribution in [0.2, 0.25) is 0 Å². The lowest BCUT2D eigenvalue weighted by Crippen LogP contribution is -2.45. The van der Waals surface area contributed by atoms with E-state index in [1.54, 1.807) is 0 Å². The minimum Gasteiger partial charge on any atom is -0.480 e. The fourth-order valence-electron chi connectivity index (χ4n) is 4.26. The lowest BCUT2D eigenvalue weighted by atomic mass is 9.94. The average Bonchev–Trinajstić information content (AvgIpc) is 2.79. The zero-order chi connectivity index (χ0) is 12.5. The van der Waals surface area contributed by atoms with Gasteiger partial charge in [0, 0.05) is 25.8 Å². The summed E-state index contributed by atoms with van der Waals surface area (Å²) >= 11 is 0. The van der Waals surface area contributed by atoms with E-state index in [0.29, 0.717) is 17.9 Å². The number of aliphatic carboxylic acids is 1. The Morgan fingerprint density at radius 2 is 2.00 bits per heavy atom. The zero-order valence-corrected chi connectivity index (χ0v) is 10.9. The maximum absolute atomic E-state index is 11.6. The number of carbonyl (C=O) groups is 1. The molecule has 102 valence electrons. The quantitative estimate of drug-likeness (QED) is 0.814. The Balaban J connectivity index is 1.75. The molecule has 2 aliphatic heterocycles. The first kappa shape index (κ1) is 12.4. The second kappa shape index (κ2) is 5.17. The van der Waals surface area contributed by atoms with Gasteiger partial charge in [-0.05, 0) is 43.9 Å². The molecule has 4 nitrogen and oxygen atoms in total. The van der Waals surface area contributed by atoms with Gasteiger partial charge >= 0.3 is 5.97 Å². The van der Waals surface area contributed by atoms with Crippen LogP contribution >= 0.6 is 0 Å². The molecule has 4 atom stereocenters. The van der Waals surface area contributed by atoms with Gasteiger partial charge in [-0.2, -0.15) is 0 Å². The van der Waals surface area contributed by atoms with Crippen molar-refractivity contribution < 1.29 is 14.6 Å². The van der Waals surface area contributed by atoms with Crippen LogP contribution in [0.15, 0.2) is 0 Å². The van der Waals surface area contributed by atoms with E-state index in [-0.39, 0.29) is 6.04 Å². The average molecular weight is 253 g/mol. The van der Waals surface area contributed by atoms with Gasteiger partial charge in [0.2, 0.25) is 0 Å². The highest BCUT2D eigenvalue weighted by Gasteiger charge is 2.49. The second-order valence-corrected chi connectivity index (χ2v) is 6.03. The standard InChI is InChI=1S/C14H23NO3/c16-14(17)13-12-5-1-3-10(12)9-15(13)11-4-2-7-18-8-6-11/h10-13H,1-9H2,(H,16,17). The maximum Gasteiger partial charge on any atom is 0.321 e. The summed E-state index contributed by atoms with van der Waals surface area (Å²) in [6.45, 7) is 2.64. The SMILES string of the molecule is O=C(O)C1C2CCCC2CN1C1CCCOCC1. The highest BCUT2D eigenvalue weighted by atomic mass is 16.5. The van der Waals surface area contributed by atoms with Gasteiger partial charge in [0.15, 0.2) is 0 Å². The molecule has 0 aromatic heterocycles. The van der Waals surface area contributed by atoms with Crippen LogP contribution in [0, 0.1) is 11.8 Å². The van der Waals surface area contributed by atoms with E-state index in [9.17, 15) is 9.90 Å². The van der Waals surface area contributed by atoms with Crippen LogP contribution in [-0.2, 0) is 9.53 Å². The summed E-state index contributed by atoms with van der Waals surface area (Å²) < 4.78 is 5.50. The van der Waals surface area contributed by atoms with Crippen LogP contribution in [0.5, 0.6) is 0 Å². The molecular weight excluding hydrogens is 230 g/mol. The van der Waals surface area contributed by atoms with Crippen molar-refractivity contribution >= 4 is 5.97 Å². The Morgan fingerprint density at radius 3 is 2.83 bits per heavy atom. The third-order valence-corrected chi connectivity index (χ3v) is 5.07. The normalized spacial score (nSPS) is 41.6. The minimum atomic E-state index is -0.602. The van der Waals surface area contributed by atoms with Crippen LogP contribution < -0.4 is 0 Å². The lowest BCUT2D eigenvalue weighted by molar-refractivity contribution is -0.144. The van der Waals surface area contributed by atoms with Crippen molar-refractivity contribution in [3.63, 3.8) is 0 Å². The first-order valence-electron chi connectivity index (χ1n) is 7.33. The van der Waals surface area contributed by atoms with Gasteiger partial charge in [-0.3, -0.25) is 9.69 Å². The molecule has 3 aliphatic rings. The topological polar surface area (TPSA) is 49.8 Å². The van der Waals surface area contributed by atoms with E-state index >= 15 is 0 Å². The van der Waals surface area contributed by atoms with Crippen LogP contribution in [0.3, 0.4) is 0 Å². The first-order chi connectivity index (χ1) is 8.77. The summed E-state index contributed by atoms with van der Waals surface area (Å²) in [5, 5.41) is 9.56. The van der Waals surface area contributed by atoms with Crippen LogP contribution in [0.4, 0.5) is 0 Å². The molecule has 3 rings (SSSR count). The Kier molecular flexibility index (Phi) is 3.57. The lowest BCUT2D eigenvalue weighted by Gasteiger charge is -2.31. The van der Waals surface area contributed by atoms with Gasteiger partial charge in [-0.25, -0.2) is 0 Å². The number of nitrogens with zero attached hydrogens (tertiary/aromatic N) is 1. The molecule has 0 aromatic rings. The molecule has 2 heterocycles. The fraction of sp³-hybridized carbons (Fsp3) is 0.929. The van der Waals surface area contributed by atoms with Crippen molar-refractivity contribution in [2.45, 2.75) is 50.6 Å². The number of likely N-dealkylation sites (tertiary alicyclic amines) is 1. The fourth-order valence-corrected chi connectivity index (χ4v) is 4.26. The van der Waals surface area contributed by atoms with Gasteiger partial charge in [0.25, 0.3) is 0 Å². The Labute approximate surface area is 108 Å². The molecule has 4 unspecified atom stereocenters. The number of ether oxygens (including phenoxy) is 1. The van der Waals surface area contributed by atoms with Crippen molar-refractivity contribution in [2.75, 3.05) is 19.8 Å². The van der Waals surface area contributed by atoms with Crippen molar-refractivity contribution in [3.8, 4) is 0 Å². The minimum absolute atomic E-state index is 0.222. The number of hydrogen-bond acceptors (Lipinski definition) is 3. The molecule has 1 N–H and O–H groups in total. The van der Waals surface area contributed by atoms with Crippen LogP contribution in [-0.4, -0.2) is 47.8 Å². The zero-order valence-electron chi connectivity index (χ0n) is 10.9. The summed E-state index contributed by atoms with van der Waals surface area (Å²) in [6.07, 6.45) is 6.74. The van der Waals surface area contributed by atoms with Crippen molar-refractivity contribution in [1.82, 2.24) is 4.90 Å². The van der Waals surface area contributed by atoms with Gasteiger partial charge in [-0.1, -0.05) is 6.42 Å². The van der Waals surface area contributed by atoms with Gasteiger partial charge < -0.3 is 9.84 Å². The predicted octanol–water partition coefficient (Wildman–Crippen LogP) is 1.74. The smallest absolute Gasteiger partial charge is 0.321 e. The van der Waals surface area contributed by atoms with Gasteiger partial charge in [0.05, 0.1) is 0 Å². The Bertz CT molecular complexity index is 312. The highest BCUT2D eigenvalue weighted by Crippen LogP contribution is 2.43. The van der Waals surface area contributed by atoms with Crippen LogP contribution in [0.1, 0.15) is 38.5 Å². The molecule has 18 heavy (non-hydrogen) atoms. The molecular formula is C14H23NO3. The van der Waals surface area contributed by atoms with E-state index in [0.717, 1.165) is 45.4 Å². The molecule has 0 spiro atoms. The summed E-state index contributed by atoms with van der Waals surface area (Å²) in [5.74, 6) is 0.441. The molecule has 0 aromatic carbocycles. The third-order valence-electron chi connectivity index (χ3n) is 5.07. The summed E-state index contributed by atoms with van der Waals surface area (Å²) in [6, 6.07) is 0.208. The molecule has 1 aliphatic carbocycles. The number of carboxylic acid groups (broad SMARTS) is 1. The maximum atomic E-state index is 11.6. The second-order valence-electron chi connectivity index (χ2n) is 6.03. The van der Waals surface area contributed by atoms with Crippen molar-refractivity contribution in [3.05, 3.63) is 0 Å². The van der Waals surface area contributed by atoms with E-state index in [1.165, 1.54) is 12.8 Å². The Morgan fingerprint density at radius 1 is 1.11 bits per heavy atom. The number of rotatable bonds is 2. The van der Waals surface area contributed by atoms with Gasteiger partial charge in [0.1, 0.15) is 6.04 Å². The number of hydrogen-bond donors (Lipinski definition) is 1. The van der Waals surface area contributed by atoms with Crippen molar-refractivity contribution in [1.29, 1.82) is 0 Å². The van der Waals surface area contributed by atoms with E-state index < -0.39 is 5.97 Å². The van der Waals surface area contributed by atoms with E-state index in [1.807, 2.05) is 0 Å². The molecule has 0 amide bonds. The summed E-state index contributed by atoms with van der Waals surface area (Å²) in [7, 11) is 0. The molecule has 0 radical (unpaired) electrons. The molecule has 2 saturated heterocycles. The molecule has 4 heteroatoms. The monoisotopic (exact) mass is 253 g/mol. The van der Waals surface area contributed by atoms with Crippen LogP contribution in [0.25, 0.3) is 0 Å². The molecule has 3 fully saturated rings. The summed E-state index contributed by atoms with van der Waals surface area (Å²) in [5.41, 5.74) is 0. The highest BCUT2D eigenvalue weighted by molar-refractivity contribution is 5.74. The Hall–Kier alpha value is -0.610. The van der Waals surface area contributed by atoms with E-state index in [2.05, 4.69) is 4.90 Å². The molecule has 0 bridgehead atoms. The van der Waals surface area contributed by atoms with Gasteiger partial charge in [-0.15, -0.1) is 0 Å². The third kappa shape index (κ3) is 2.16. The molecule has 1 saturated carbocycles. The van der Waals surface area contributed by atoms with E-state index in [4.69, 9.17) is 4.74 Å². The van der Waals surface area contributed by atoms with Crippen molar-refractivity contribution in [2.24, 2.45) is 11.8 Å². The number of carboxylic acids is 1. The summed E-state index contributed by atoms with van der Waals surface area (Å²) in [4.78, 5) is 13.9.